The van der Waals surface area contributed by atoms with Crippen molar-refractivity contribution in [3.05, 3.63) is 89.4 Å². The Bertz CT molecular complexity index is 902. The number of aryl methyl sites for hydroxylation is 2. The summed E-state index contributed by atoms with van der Waals surface area (Å²) in [5.74, 6) is -0.540. The standard InChI is InChI=1S/C21H20N2O3/c1-14-10-11-17(13-15(14)2)22-20(19(24)16-7-4-3-5-8-16)23-21(25)18-9-6-12-26-18/h3-13,20,22H,1-2H3,(H,23,25)/t20-/m1/s1. The Balaban J connectivity index is 1.86. The van der Waals surface area contributed by atoms with Gasteiger partial charge in [-0.05, 0) is 49.2 Å². The van der Waals surface area contributed by atoms with Gasteiger partial charge in [-0.1, -0.05) is 36.4 Å². The molecule has 1 heterocycles. The van der Waals surface area contributed by atoms with E-state index < -0.39 is 12.1 Å². The second kappa shape index (κ2) is 7.70. The highest BCUT2D eigenvalue weighted by Gasteiger charge is 2.23. The number of Topliss-reactive ketones (excluding diaryl/α,β-unsaturated/α-hetero) is 1. The van der Waals surface area contributed by atoms with Gasteiger partial charge in [0.25, 0.3) is 5.91 Å². The second-order valence-electron chi connectivity index (χ2n) is 6.06. The fourth-order valence-electron chi connectivity index (χ4n) is 2.54. The van der Waals surface area contributed by atoms with Crippen molar-refractivity contribution in [2.24, 2.45) is 0 Å². The van der Waals surface area contributed by atoms with Gasteiger partial charge in [-0.15, -0.1) is 0 Å². The molecule has 0 saturated carbocycles. The van der Waals surface area contributed by atoms with Crippen LogP contribution < -0.4 is 10.6 Å². The lowest BCUT2D eigenvalue weighted by atomic mass is 10.1. The van der Waals surface area contributed by atoms with Crippen molar-refractivity contribution in [2.45, 2.75) is 20.0 Å². The Morgan fingerprint density at radius 2 is 1.69 bits per heavy atom. The summed E-state index contributed by atoms with van der Waals surface area (Å²) >= 11 is 0. The van der Waals surface area contributed by atoms with E-state index in [4.69, 9.17) is 4.42 Å². The van der Waals surface area contributed by atoms with Crippen LogP contribution in [0.3, 0.4) is 0 Å². The molecule has 1 amide bonds. The van der Waals surface area contributed by atoms with Gasteiger partial charge in [0.15, 0.2) is 11.9 Å². The van der Waals surface area contributed by atoms with Crippen LogP contribution >= 0.6 is 0 Å². The predicted octanol–water partition coefficient (Wildman–Crippen LogP) is 3.95. The molecule has 3 aromatic rings. The van der Waals surface area contributed by atoms with Gasteiger partial charge in [0.1, 0.15) is 0 Å². The van der Waals surface area contributed by atoms with Gasteiger partial charge >= 0.3 is 0 Å². The van der Waals surface area contributed by atoms with Gasteiger partial charge < -0.3 is 15.1 Å². The summed E-state index contributed by atoms with van der Waals surface area (Å²) in [7, 11) is 0. The Kier molecular flexibility index (Phi) is 5.17. The number of amides is 1. The van der Waals surface area contributed by atoms with E-state index in [2.05, 4.69) is 10.6 Å². The molecular formula is C21H20N2O3. The van der Waals surface area contributed by atoms with Crippen molar-refractivity contribution >= 4 is 17.4 Å². The Morgan fingerprint density at radius 3 is 2.35 bits per heavy atom. The number of carbonyl (C=O) groups excluding carboxylic acids is 2. The first-order valence-corrected chi connectivity index (χ1v) is 8.32. The molecule has 26 heavy (non-hydrogen) atoms. The van der Waals surface area contributed by atoms with Crippen LogP contribution in [-0.2, 0) is 0 Å². The Hall–Kier alpha value is -3.34. The fourth-order valence-corrected chi connectivity index (χ4v) is 2.54. The quantitative estimate of drug-likeness (QED) is 0.523. The van der Waals surface area contributed by atoms with Crippen LogP contribution in [0, 0.1) is 13.8 Å². The minimum Gasteiger partial charge on any atom is -0.459 e. The Morgan fingerprint density at radius 1 is 0.923 bits per heavy atom. The summed E-state index contributed by atoms with van der Waals surface area (Å²) in [6.07, 6.45) is 0.497. The lowest BCUT2D eigenvalue weighted by Gasteiger charge is -2.20. The fraction of sp³-hybridized carbons (Fsp3) is 0.143. The van der Waals surface area contributed by atoms with E-state index in [0.29, 0.717) is 5.56 Å². The van der Waals surface area contributed by atoms with Gasteiger partial charge in [0.2, 0.25) is 5.78 Å². The third kappa shape index (κ3) is 4.00. The van der Waals surface area contributed by atoms with Crippen molar-refractivity contribution in [1.29, 1.82) is 0 Å². The topological polar surface area (TPSA) is 71.3 Å². The molecule has 0 saturated heterocycles. The summed E-state index contributed by atoms with van der Waals surface area (Å²) in [4.78, 5) is 25.3. The molecule has 5 heteroatoms. The molecule has 0 spiro atoms. The van der Waals surface area contributed by atoms with Gasteiger partial charge in [-0.25, -0.2) is 0 Å². The molecule has 0 aliphatic rings. The molecule has 132 valence electrons. The summed E-state index contributed by atoms with van der Waals surface area (Å²) in [5.41, 5.74) is 3.51. The SMILES string of the molecule is Cc1ccc(N[C@H](NC(=O)c2ccco2)C(=O)c2ccccc2)cc1C. The molecule has 2 aromatic carbocycles. The van der Waals surface area contributed by atoms with E-state index in [-0.39, 0.29) is 11.5 Å². The molecule has 3 rings (SSSR count). The molecule has 1 atom stereocenters. The van der Waals surface area contributed by atoms with Gasteiger partial charge in [-0.2, -0.15) is 0 Å². The van der Waals surface area contributed by atoms with E-state index in [0.717, 1.165) is 16.8 Å². The molecule has 0 radical (unpaired) electrons. The molecule has 1 aromatic heterocycles. The molecule has 0 aliphatic carbocycles. The van der Waals surface area contributed by atoms with E-state index in [1.807, 2.05) is 38.1 Å². The molecule has 0 bridgehead atoms. The summed E-state index contributed by atoms with van der Waals surface area (Å²) < 4.78 is 5.12. The molecule has 0 aliphatic heterocycles. The van der Waals surface area contributed by atoms with E-state index in [1.165, 1.54) is 6.26 Å². The average Bonchev–Trinajstić information content (AvgIpc) is 3.19. The maximum atomic E-state index is 12.9. The maximum Gasteiger partial charge on any atom is 0.288 e. The average molecular weight is 348 g/mol. The number of benzene rings is 2. The second-order valence-corrected chi connectivity index (χ2v) is 6.06. The first kappa shape index (κ1) is 17.5. The first-order chi connectivity index (χ1) is 12.5. The van der Waals surface area contributed by atoms with E-state index in [1.54, 1.807) is 36.4 Å². The number of rotatable bonds is 6. The number of ketones is 1. The van der Waals surface area contributed by atoms with Crippen molar-refractivity contribution in [3.63, 3.8) is 0 Å². The number of carbonyl (C=O) groups is 2. The minimum absolute atomic E-state index is 0.151. The first-order valence-electron chi connectivity index (χ1n) is 8.32. The van der Waals surface area contributed by atoms with Crippen molar-refractivity contribution in [1.82, 2.24) is 5.32 Å². The van der Waals surface area contributed by atoms with Crippen molar-refractivity contribution in [3.8, 4) is 0 Å². The van der Waals surface area contributed by atoms with E-state index >= 15 is 0 Å². The summed E-state index contributed by atoms with van der Waals surface area (Å²) in [6.45, 7) is 4.01. The highest BCUT2D eigenvalue weighted by molar-refractivity contribution is 6.04. The van der Waals surface area contributed by atoms with Crippen LogP contribution in [0.1, 0.15) is 32.0 Å². The number of anilines is 1. The molecule has 0 fully saturated rings. The van der Waals surface area contributed by atoms with Crippen LogP contribution in [0.4, 0.5) is 5.69 Å². The van der Waals surface area contributed by atoms with Crippen molar-refractivity contribution < 1.29 is 14.0 Å². The lowest BCUT2D eigenvalue weighted by molar-refractivity contribution is 0.0853. The molecular weight excluding hydrogens is 328 g/mol. The van der Waals surface area contributed by atoms with Crippen LogP contribution in [0.15, 0.2) is 71.3 Å². The monoisotopic (exact) mass is 348 g/mol. The highest BCUT2D eigenvalue weighted by Crippen LogP contribution is 2.16. The summed E-state index contributed by atoms with van der Waals surface area (Å²) in [6, 6.07) is 17.8. The minimum atomic E-state index is -0.919. The van der Waals surface area contributed by atoms with E-state index in [9.17, 15) is 9.59 Å². The highest BCUT2D eigenvalue weighted by atomic mass is 16.3. The Labute approximate surface area is 152 Å². The zero-order valence-corrected chi connectivity index (χ0v) is 14.7. The number of hydrogen-bond acceptors (Lipinski definition) is 4. The zero-order valence-electron chi connectivity index (χ0n) is 14.7. The van der Waals surface area contributed by atoms with Crippen LogP contribution in [0.25, 0.3) is 0 Å². The molecule has 0 unspecified atom stereocenters. The zero-order chi connectivity index (χ0) is 18.5. The number of furan rings is 1. The van der Waals surface area contributed by atoms with Crippen molar-refractivity contribution in [2.75, 3.05) is 5.32 Å². The third-order valence-electron chi connectivity index (χ3n) is 4.16. The molecule has 2 N–H and O–H groups in total. The molecule has 5 nitrogen and oxygen atoms in total. The maximum absolute atomic E-state index is 12.9. The van der Waals surface area contributed by atoms with Crippen LogP contribution in [0.2, 0.25) is 0 Å². The number of nitrogens with one attached hydrogen (secondary N) is 2. The summed E-state index contributed by atoms with van der Waals surface area (Å²) in [5, 5.41) is 5.82. The number of hydrogen-bond donors (Lipinski definition) is 2. The van der Waals surface area contributed by atoms with Crippen LogP contribution in [0.5, 0.6) is 0 Å². The predicted molar refractivity (Wildman–Crippen MR) is 100 cm³/mol. The van der Waals surface area contributed by atoms with Gasteiger partial charge in [0.05, 0.1) is 6.26 Å². The third-order valence-corrected chi connectivity index (χ3v) is 4.16. The van der Waals surface area contributed by atoms with Gasteiger partial charge in [-0.3, -0.25) is 9.59 Å². The van der Waals surface area contributed by atoms with Gasteiger partial charge in [0, 0.05) is 11.3 Å². The van der Waals surface area contributed by atoms with Crippen LogP contribution in [-0.4, -0.2) is 17.9 Å². The smallest absolute Gasteiger partial charge is 0.288 e. The lowest BCUT2D eigenvalue weighted by Crippen LogP contribution is -2.46. The largest absolute Gasteiger partial charge is 0.459 e. The normalized spacial score (nSPS) is 11.6.